The van der Waals surface area contributed by atoms with E-state index in [1.165, 1.54) is 0 Å². The Kier molecular flexibility index (Phi) is 5.17. The van der Waals surface area contributed by atoms with E-state index in [4.69, 9.17) is 4.74 Å². The third-order valence-electron chi connectivity index (χ3n) is 3.75. The van der Waals surface area contributed by atoms with Crippen molar-refractivity contribution < 1.29 is 14.6 Å². The second-order valence-corrected chi connectivity index (χ2v) is 5.82. The summed E-state index contributed by atoms with van der Waals surface area (Å²) in [7, 11) is 1.87. The summed E-state index contributed by atoms with van der Waals surface area (Å²) in [6, 6.07) is 1.80. The molecule has 1 aromatic heterocycles. The van der Waals surface area contributed by atoms with Crippen LogP contribution in [0.2, 0.25) is 0 Å². The van der Waals surface area contributed by atoms with E-state index < -0.39 is 5.97 Å². The van der Waals surface area contributed by atoms with E-state index in [1.807, 2.05) is 25.8 Å². The average molecular weight is 292 g/mol. The van der Waals surface area contributed by atoms with E-state index in [1.54, 1.807) is 6.07 Å². The van der Waals surface area contributed by atoms with Crippen molar-refractivity contribution in [2.75, 3.05) is 25.1 Å². The number of carboxylic acids is 1. The van der Waals surface area contributed by atoms with Crippen molar-refractivity contribution in [3.05, 3.63) is 22.9 Å². The van der Waals surface area contributed by atoms with Gasteiger partial charge in [0.25, 0.3) is 0 Å². The molecule has 1 aliphatic rings. The van der Waals surface area contributed by atoms with Gasteiger partial charge in [-0.15, -0.1) is 0 Å². The lowest BCUT2D eigenvalue weighted by Crippen LogP contribution is -2.27. The summed E-state index contributed by atoms with van der Waals surface area (Å²) >= 11 is 0. The number of carboxylic acid groups (broad SMARTS) is 1. The van der Waals surface area contributed by atoms with Crippen LogP contribution in [-0.2, 0) is 17.6 Å². The second-order valence-electron chi connectivity index (χ2n) is 5.82. The maximum atomic E-state index is 11.5. The molecule has 0 saturated carbocycles. The van der Waals surface area contributed by atoms with E-state index in [2.05, 4.69) is 4.98 Å². The van der Waals surface area contributed by atoms with Gasteiger partial charge in [-0.05, 0) is 51.2 Å². The van der Waals surface area contributed by atoms with Gasteiger partial charge in [-0.2, -0.15) is 0 Å². The zero-order valence-electron chi connectivity index (χ0n) is 13.1. The van der Waals surface area contributed by atoms with Gasteiger partial charge in [-0.3, -0.25) is 0 Å². The Balaban J connectivity index is 2.21. The van der Waals surface area contributed by atoms with Gasteiger partial charge in [0.15, 0.2) is 0 Å². The lowest BCUT2D eigenvalue weighted by molar-refractivity contribution is 0.0695. The van der Waals surface area contributed by atoms with Gasteiger partial charge >= 0.3 is 5.97 Å². The fourth-order valence-electron chi connectivity index (χ4n) is 2.60. The predicted octanol–water partition coefficient (Wildman–Crippen LogP) is 2.52. The second kappa shape index (κ2) is 6.89. The van der Waals surface area contributed by atoms with Gasteiger partial charge < -0.3 is 14.7 Å². The van der Waals surface area contributed by atoms with Crippen LogP contribution in [0.3, 0.4) is 0 Å². The summed E-state index contributed by atoms with van der Waals surface area (Å²) in [4.78, 5) is 18.0. The Hall–Kier alpha value is -1.62. The number of aromatic nitrogens is 1. The van der Waals surface area contributed by atoms with Crippen LogP contribution in [0.4, 0.5) is 5.82 Å². The van der Waals surface area contributed by atoms with Crippen LogP contribution in [0, 0.1) is 0 Å². The first kappa shape index (κ1) is 15.8. The fourth-order valence-corrected chi connectivity index (χ4v) is 2.60. The zero-order chi connectivity index (χ0) is 15.4. The molecule has 0 spiro atoms. The van der Waals surface area contributed by atoms with Gasteiger partial charge in [0.1, 0.15) is 11.4 Å². The maximum Gasteiger partial charge on any atom is 0.339 e. The molecule has 2 rings (SSSR count). The van der Waals surface area contributed by atoms with Crippen LogP contribution in [-0.4, -0.2) is 42.4 Å². The molecule has 1 aromatic rings. The Morgan fingerprint density at radius 3 is 2.81 bits per heavy atom. The number of likely N-dealkylation sites (N-methyl/N-ethyl adjacent to an activating group) is 1. The van der Waals surface area contributed by atoms with Crippen molar-refractivity contribution in [3.63, 3.8) is 0 Å². The van der Waals surface area contributed by atoms with Gasteiger partial charge in [0.2, 0.25) is 0 Å². The van der Waals surface area contributed by atoms with E-state index in [9.17, 15) is 9.90 Å². The number of fused-ring (bicyclic) bond motifs is 1. The number of nitrogens with zero attached hydrogens (tertiary/aromatic N) is 2. The Labute approximate surface area is 125 Å². The first-order chi connectivity index (χ1) is 9.99. The van der Waals surface area contributed by atoms with Crippen LogP contribution >= 0.6 is 0 Å². The molecule has 0 unspecified atom stereocenters. The summed E-state index contributed by atoms with van der Waals surface area (Å²) in [6.45, 7) is 5.16. The number of aromatic carboxylic acids is 1. The minimum absolute atomic E-state index is 0.175. The van der Waals surface area contributed by atoms with Crippen molar-refractivity contribution in [2.45, 2.75) is 45.6 Å². The highest BCUT2D eigenvalue weighted by molar-refractivity contribution is 5.93. The van der Waals surface area contributed by atoms with Crippen molar-refractivity contribution >= 4 is 11.8 Å². The summed E-state index contributed by atoms with van der Waals surface area (Å²) in [6.07, 6.45) is 4.30. The number of pyridine rings is 1. The predicted molar refractivity (Wildman–Crippen MR) is 82.2 cm³/mol. The standard InChI is InChI=1S/C16H24N2O3/c1-11(2)21-9-8-18(3)15-13(16(19)20)10-12-6-4-5-7-14(12)17-15/h10-11H,4-9H2,1-3H3,(H,19,20). The molecule has 0 aliphatic heterocycles. The molecule has 116 valence electrons. The molecule has 5 heteroatoms. The van der Waals surface area contributed by atoms with Gasteiger partial charge in [-0.1, -0.05) is 0 Å². The van der Waals surface area contributed by atoms with Crippen molar-refractivity contribution in [3.8, 4) is 0 Å². The normalized spacial score (nSPS) is 14.1. The largest absolute Gasteiger partial charge is 0.478 e. The number of carbonyl (C=O) groups is 1. The molecular weight excluding hydrogens is 268 g/mol. The molecule has 0 atom stereocenters. The smallest absolute Gasteiger partial charge is 0.339 e. The molecule has 0 saturated heterocycles. The summed E-state index contributed by atoms with van der Waals surface area (Å²) in [5.41, 5.74) is 2.44. The highest BCUT2D eigenvalue weighted by Crippen LogP contribution is 2.26. The summed E-state index contributed by atoms with van der Waals surface area (Å²) < 4.78 is 5.53. The third kappa shape index (κ3) is 3.94. The van der Waals surface area contributed by atoms with E-state index in [-0.39, 0.29) is 6.10 Å². The molecule has 0 fully saturated rings. The molecule has 21 heavy (non-hydrogen) atoms. The Morgan fingerprint density at radius 2 is 2.14 bits per heavy atom. The lowest BCUT2D eigenvalue weighted by atomic mass is 9.94. The van der Waals surface area contributed by atoms with Gasteiger partial charge in [0, 0.05) is 19.3 Å². The SMILES string of the molecule is CC(C)OCCN(C)c1nc2c(cc1C(=O)O)CCCC2. The molecule has 0 radical (unpaired) electrons. The monoisotopic (exact) mass is 292 g/mol. The number of rotatable bonds is 6. The van der Waals surface area contributed by atoms with Crippen molar-refractivity contribution in [1.82, 2.24) is 4.98 Å². The molecule has 0 bridgehead atoms. The Morgan fingerprint density at radius 1 is 1.43 bits per heavy atom. The number of anilines is 1. The number of aryl methyl sites for hydroxylation is 2. The number of ether oxygens (including phenoxy) is 1. The number of hydrogen-bond donors (Lipinski definition) is 1. The van der Waals surface area contributed by atoms with Gasteiger partial charge in [-0.25, -0.2) is 9.78 Å². The molecular formula is C16H24N2O3. The minimum atomic E-state index is -0.914. The fraction of sp³-hybridized carbons (Fsp3) is 0.625. The first-order valence-corrected chi connectivity index (χ1v) is 7.58. The molecule has 1 aliphatic carbocycles. The molecule has 1 N–H and O–H groups in total. The first-order valence-electron chi connectivity index (χ1n) is 7.58. The van der Waals surface area contributed by atoms with Crippen LogP contribution in [0.1, 0.15) is 48.3 Å². The molecule has 0 aromatic carbocycles. The molecule has 0 amide bonds. The van der Waals surface area contributed by atoms with Crippen LogP contribution in [0.5, 0.6) is 0 Å². The maximum absolute atomic E-state index is 11.5. The summed E-state index contributed by atoms with van der Waals surface area (Å²) in [5.74, 6) is -0.363. The summed E-state index contributed by atoms with van der Waals surface area (Å²) in [5, 5.41) is 9.43. The van der Waals surface area contributed by atoms with Gasteiger partial charge in [0.05, 0.1) is 12.7 Å². The highest BCUT2D eigenvalue weighted by atomic mass is 16.5. The van der Waals surface area contributed by atoms with Crippen LogP contribution < -0.4 is 4.90 Å². The van der Waals surface area contributed by atoms with E-state index in [0.717, 1.165) is 36.9 Å². The van der Waals surface area contributed by atoms with E-state index in [0.29, 0.717) is 24.5 Å². The lowest BCUT2D eigenvalue weighted by Gasteiger charge is -2.24. The van der Waals surface area contributed by atoms with E-state index >= 15 is 0 Å². The molecule has 1 heterocycles. The Bertz CT molecular complexity index is 514. The van der Waals surface area contributed by atoms with Crippen molar-refractivity contribution in [1.29, 1.82) is 0 Å². The highest BCUT2D eigenvalue weighted by Gasteiger charge is 2.21. The average Bonchev–Trinajstić information content (AvgIpc) is 2.45. The minimum Gasteiger partial charge on any atom is -0.478 e. The third-order valence-corrected chi connectivity index (χ3v) is 3.75. The number of hydrogen-bond acceptors (Lipinski definition) is 4. The van der Waals surface area contributed by atoms with Crippen molar-refractivity contribution in [2.24, 2.45) is 0 Å². The quantitative estimate of drug-likeness (QED) is 0.873. The zero-order valence-corrected chi connectivity index (χ0v) is 13.1. The topological polar surface area (TPSA) is 62.7 Å². The van der Waals surface area contributed by atoms with Crippen LogP contribution in [0.25, 0.3) is 0 Å². The van der Waals surface area contributed by atoms with Crippen LogP contribution in [0.15, 0.2) is 6.07 Å². The molecule has 5 nitrogen and oxygen atoms in total.